The summed E-state index contributed by atoms with van der Waals surface area (Å²) in [6, 6.07) is 0. The van der Waals surface area contributed by atoms with E-state index in [-0.39, 0.29) is 23.6 Å². The molecule has 1 aliphatic heterocycles. The molecule has 2 aromatic heterocycles. The van der Waals surface area contributed by atoms with Crippen LogP contribution in [0.5, 0.6) is 0 Å². The van der Waals surface area contributed by atoms with Crippen molar-refractivity contribution in [3.05, 3.63) is 23.9 Å². The SMILES string of the molecule is CC1(C(F)(F)F)CNc2cnc3c(F)cnn3c21. The molecule has 0 amide bonds. The zero-order valence-corrected chi connectivity index (χ0v) is 9.22. The summed E-state index contributed by atoms with van der Waals surface area (Å²) in [6.07, 6.45) is -2.40. The number of halogens is 4. The molecule has 18 heavy (non-hydrogen) atoms. The highest BCUT2D eigenvalue weighted by atomic mass is 19.4. The maximum atomic E-state index is 13.3. The van der Waals surface area contributed by atoms with Crippen LogP contribution in [0.2, 0.25) is 0 Å². The van der Waals surface area contributed by atoms with Gasteiger partial charge in [-0.05, 0) is 6.92 Å². The Bertz CT molecular complexity index is 633. The molecule has 96 valence electrons. The summed E-state index contributed by atoms with van der Waals surface area (Å²) in [4.78, 5) is 3.76. The van der Waals surface area contributed by atoms with Crippen molar-refractivity contribution in [1.29, 1.82) is 0 Å². The minimum atomic E-state index is -4.46. The van der Waals surface area contributed by atoms with Crippen LogP contribution in [0, 0.1) is 5.82 Å². The van der Waals surface area contributed by atoms with E-state index in [1.54, 1.807) is 0 Å². The molecule has 4 nitrogen and oxygen atoms in total. The van der Waals surface area contributed by atoms with Crippen molar-refractivity contribution in [2.75, 3.05) is 11.9 Å². The van der Waals surface area contributed by atoms with E-state index in [0.717, 1.165) is 17.6 Å². The fraction of sp³-hybridized carbons (Fsp3) is 0.400. The molecular formula is C10H8F4N4. The summed E-state index contributed by atoms with van der Waals surface area (Å²) in [7, 11) is 0. The fourth-order valence-corrected chi connectivity index (χ4v) is 2.15. The van der Waals surface area contributed by atoms with Gasteiger partial charge in [-0.1, -0.05) is 0 Å². The van der Waals surface area contributed by atoms with E-state index in [4.69, 9.17) is 0 Å². The van der Waals surface area contributed by atoms with E-state index in [0.29, 0.717) is 0 Å². The third-order valence-electron chi connectivity index (χ3n) is 3.26. The third-order valence-corrected chi connectivity index (χ3v) is 3.26. The molecule has 0 spiro atoms. The number of fused-ring (bicyclic) bond motifs is 3. The van der Waals surface area contributed by atoms with Crippen LogP contribution in [0.1, 0.15) is 12.6 Å². The Morgan fingerprint density at radius 2 is 2.11 bits per heavy atom. The maximum Gasteiger partial charge on any atom is 0.401 e. The summed E-state index contributed by atoms with van der Waals surface area (Å²) >= 11 is 0. The van der Waals surface area contributed by atoms with Crippen LogP contribution in [-0.4, -0.2) is 27.3 Å². The van der Waals surface area contributed by atoms with Crippen molar-refractivity contribution in [1.82, 2.24) is 14.6 Å². The smallest absolute Gasteiger partial charge is 0.381 e. The number of hydrogen-bond acceptors (Lipinski definition) is 3. The molecule has 0 bridgehead atoms. The molecule has 2 aromatic rings. The lowest BCUT2D eigenvalue weighted by Gasteiger charge is -2.27. The number of nitrogens with zero attached hydrogens (tertiary/aromatic N) is 3. The van der Waals surface area contributed by atoms with E-state index < -0.39 is 17.4 Å². The van der Waals surface area contributed by atoms with Crippen molar-refractivity contribution in [3.63, 3.8) is 0 Å². The van der Waals surface area contributed by atoms with Gasteiger partial charge in [0.25, 0.3) is 0 Å². The summed E-state index contributed by atoms with van der Waals surface area (Å²) < 4.78 is 53.7. The number of anilines is 1. The molecule has 1 N–H and O–H groups in total. The number of rotatable bonds is 0. The number of nitrogens with one attached hydrogen (secondary N) is 1. The van der Waals surface area contributed by atoms with Crippen LogP contribution in [0.15, 0.2) is 12.4 Å². The van der Waals surface area contributed by atoms with E-state index >= 15 is 0 Å². The largest absolute Gasteiger partial charge is 0.401 e. The third kappa shape index (κ3) is 1.20. The van der Waals surface area contributed by atoms with Gasteiger partial charge >= 0.3 is 6.18 Å². The van der Waals surface area contributed by atoms with Gasteiger partial charge in [-0.25, -0.2) is 13.9 Å². The van der Waals surface area contributed by atoms with Crippen LogP contribution in [0.3, 0.4) is 0 Å². The zero-order valence-electron chi connectivity index (χ0n) is 9.22. The average molecular weight is 260 g/mol. The first-order valence-corrected chi connectivity index (χ1v) is 5.18. The van der Waals surface area contributed by atoms with Gasteiger partial charge in [-0.2, -0.15) is 18.3 Å². The van der Waals surface area contributed by atoms with Gasteiger partial charge in [0.2, 0.25) is 0 Å². The minimum absolute atomic E-state index is 0.107. The summed E-state index contributed by atoms with van der Waals surface area (Å²) in [5.74, 6) is -0.741. The lowest BCUT2D eigenvalue weighted by atomic mass is 9.88. The van der Waals surface area contributed by atoms with Crippen molar-refractivity contribution < 1.29 is 17.6 Å². The zero-order chi connectivity index (χ0) is 13.1. The molecule has 3 heterocycles. The molecule has 0 saturated carbocycles. The van der Waals surface area contributed by atoms with Gasteiger partial charge in [0.15, 0.2) is 11.5 Å². The second-order valence-corrected chi connectivity index (χ2v) is 4.43. The molecule has 1 atom stereocenters. The molecule has 8 heteroatoms. The van der Waals surface area contributed by atoms with E-state index in [1.165, 1.54) is 6.20 Å². The number of aromatic nitrogens is 3. The lowest BCUT2D eigenvalue weighted by Crippen LogP contribution is -2.42. The topological polar surface area (TPSA) is 42.2 Å². The van der Waals surface area contributed by atoms with Crippen molar-refractivity contribution in [2.24, 2.45) is 0 Å². The Balaban J connectivity index is 2.36. The van der Waals surface area contributed by atoms with Crippen LogP contribution in [0.25, 0.3) is 5.65 Å². The molecule has 3 rings (SSSR count). The van der Waals surface area contributed by atoms with Gasteiger partial charge in [0.05, 0.1) is 23.8 Å². The average Bonchev–Trinajstić information content (AvgIpc) is 2.81. The normalized spacial score (nSPS) is 23.2. The maximum absolute atomic E-state index is 13.3. The monoisotopic (exact) mass is 260 g/mol. The summed E-state index contributed by atoms with van der Waals surface area (Å²) in [5.41, 5.74) is -2.19. The Kier molecular flexibility index (Phi) is 1.95. The van der Waals surface area contributed by atoms with Gasteiger partial charge in [-0.15, -0.1) is 0 Å². The van der Waals surface area contributed by atoms with Crippen molar-refractivity contribution in [2.45, 2.75) is 18.5 Å². The molecule has 1 aliphatic rings. The van der Waals surface area contributed by atoms with Crippen LogP contribution < -0.4 is 5.32 Å². The Hall–Kier alpha value is -1.86. The second kappa shape index (κ2) is 3.12. The predicted octanol–water partition coefficient (Wildman–Crippen LogP) is 2.11. The minimum Gasteiger partial charge on any atom is -0.381 e. The summed E-state index contributed by atoms with van der Waals surface area (Å²) in [6.45, 7) is 0.749. The standard InChI is InChI=1S/C10H8F4N4/c1-9(10(12,13)14)4-16-6-3-15-8-5(11)2-17-18(8)7(6)9/h2-3,16H,4H2,1H3. The lowest BCUT2D eigenvalue weighted by molar-refractivity contribution is -0.181. The molecule has 0 aliphatic carbocycles. The van der Waals surface area contributed by atoms with E-state index in [2.05, 4.69) is 15.4 Å². The number of alkyl halides is 3. The molecule has 0 radical (unpaired) electrons. The second-order valence-electron chi connectivity index (χ2n) is 4.43. The summed E-state index contributed by atoms with van der Waals surface area (Å²) in [5, 5.41) is 6.27. The predicted molar refractivity (Wildman–Crippen MR) is 54.8 cm³/mol. The fourth-order valence-electron chi connectivity index (χ4n) is 2.15. The highest BCUT2D eigenvalue weighted by Gasteiger charge is 2.57. The van der Waals surface area contributed by atoms with E-state index in [1.807, 2.05) is 0 Å². The van der Waals surface area contributed by atoms with E-state index in [9.17, 15) is 17.6 Å². The Morgan fingerprint density at radius 1 is 1.39 bits per heavy atom. The van der Waals surface area contributed by atoms with Crippen LogP contribution in [0.4, 0.5) is 23.2 Å². The van der Waals surface area contributed by atoms with Crippen molar-refractivity contribution in [3.8, 4) is 0 Å². The quantitative estimate of drug-likeness (QED) is 0.738. The Morgan fingerprint density at radius 3 is 2.78 bits per heavy atom. The molecule has 0 saturated heterocycles. The Labute approximate surface area is 98.6 Å². The first kappa shape index (κ1) is 11.2. The highest BCUT2D eigenvalue weighted by Crippen LogP contribution is 2.47. The highest BCUT2D eigenvalue weighted by molar-refractivity contribution is 5.60. The van der Waals surface area contributed by atoms with Gasteiger partial charge in [0.1, 0.15) is 5.41 Å². The van der Waals surface area contributed by atoms with Gasteiger partial charge in [0, 0.05) is 6.54 Å². The first-order chi connectivity index (χ1) is 8.34. The molecule has 0 fully saturated rings. The van der Waals surface area contributed by atoms with Gasteiger partial charge < -0.3 is 5.32 Å². The van der Waals surface area contributed by atoms with Gasteiger partial charge in [-0.3, -0.25) is 0 Å². The first-order valence-electron chi connectivity index (χ1n) is 5.18. The molecule has 1 unspecified atom stereocenters. The number of hydrogen-bond donors (Lipinski definition) is 1. The van der Waals surface area contributed by atoms with Crippen LogP contribution >= 0.6 is 0 Å². The van der Waals surface area contributed by atoms with Crippen LogP contribution in [-0.2, 0) is 5.41 Å². The van der Waals surface area contributed by atoms with Crippen molar-refractivity contribution >= 4 is 11.3 Å². The molecular weight excluding hydrogens is 252 g/mol. The molecule has 0 aromatic carbocycles.